The fourth-order valence-corrected chi connectivity index (χ4v) is 1.81. The third-order valence-electron chi connectivity index (χ3n) is 2.86. The smallest absolute Gasteiger partial charge is 0.342 e. The highest BCUT2D eigenvalue weighted by Gasteiger charge is 2.15. The third-order valence-corrected chi connectivity index (χ3v) is 3.10. The van der Waals surface area contributed by atoms with Gasteiger partial charge in [0.2, 0.25) is 0 Å². The fraction of sp³-hybridized carbons (Fsp3) is 0.429. The van der Waals surface area contributed by atoms with E-state index in [9.17, 15) is 14.7 Å². The SMILES string of the molecule is CCC(CC)NC(=O)COC(=O)c1ccc(Cl)cc1O. The fourth-order valence-electron chi connectivity index (χ4n) is 1.65. The summed E-state index contributed by atoms with van der Waals surface area (Å²) in [6.45, 7) is 3.55. The maximum Gasteiger partial charge on any atom is 0.342 e. The van der Waals surface area contributed by atoms with Crippen molar-refractivity contribution < 1.29 is 19.4 Å². The Kier molecular flexibility index (Phi) is 6.31. The van der Waals surface area contributed by atoms with Crippen molar-refractivity contribution >= 4 is 23.5 Å². The molecule has 0 unspecified atom stereocenters. The Morgan fingerprint density at radius 3 is 2.55 bits per heavy atom. The molecule has 0 radical (unpaired) electrons. The van der Waals surface area contributed by atoms with Crippen LogP contribution in [-0.2, 0) is 9.53 Å². The first-order valence-electron chi connectivity index (χ1n) is 6.42. The molecule has 0 saturated heterocycles. The maximum absolute atomic E-state index is 11.7. The average molecular weight is 300 g/mol. The van der Waals surface area contributed by atoms with Gasteiger partial charge in [0, 0.05) is 11.1 Å². The van der Waals surface area contributed by atoms with E-state index in [1.54, 1.807) is 0 Å². The maximum atomic E-state index is 11.7. The number of hydrogen-bond donors (Lipinski definition) is 2. The number of esters is 1. The second kappa shape index (κ2) is 7.75. The van der Waals surface area contributed by atoms with Crippen molar-refractivity contribution in [3.8, 4) is 5.75 Å². The summed E-state index contributed by atoms with van der Waals surface area (Å²) in [6, 6.07) is 4.12. The number of halogens is 1. The van der Waals surface area contributed by atoms with Crippen molar-refractivity contribution in [3.63, 3.8) is 0 Å². The van der Waals surface area contributed by atoms with Crippen molar-refractivity contribution in [2.24, 2.45) is 0 Å². The lowest BCUT2D eigenvalue weighted by molar-refractivity contribution is -0.125. The number of ether oxygens (including phenoxy) is 1. The molecule has 0 aliphatic rings. The second-order valence-corrected chi connectivity index (χ2v) is 4.75. The van der Waals surface area contributed by atoms with Crippen molar-refractivity contribution in [1.29, 1.82) is 0 Å². The molecule has 0 aliphatic carbocycles. The van der Waals surface area contributed by atoms with Crippen LogP contribution in [-0.4, -0.2) is 29.6 Å². The van der Waals surface area contributed by atoms with Crippen molar-refractivity contribution in [3.05, 3.63) is 28.8 Å². The Balaban J connectivity index is 2.53. The van der Waals surface area contributed by atoms with Gasteiger partial charge in [-0.05, 0) is 31.0 Å². The number of carbonyl (C=O) groups is 2. The standard InChI is InChI=1S/C14H18ClNO4/c1-3-10(4-2)16-13(18)8-20-14(19)11-6-5-9(15)7-12(11)17/h5-7,10,17H,3-4,8H2,1-2H3,(H,16,18). The molecule has 0 spiro atoms. The minimum absolute atomic E-state index is 0.0234. The van der Waals surface area contributed by atoms with Crippen LogP contribution in [0, 0.1) is 0 Å². The van der Waals surface area contributed by atoms with Crippen LogP contribution >= 0.6 is 11.6 Å². The molecule has 0 saturated carbocycles. The minimum atomic E-state index is -0.765. The lowest BCUT2D eigenvalue weighted by atomic mass is 10.2. The molecule has 110 valence electrons. The molecule has 0 atom stereocenters. The van der Waals surface area contributed by atoms with E-state index in [1.807, 2.05) is 13.8 Å². The highest BCUT2D eigenvalue weighted by Crippen LogP contribution is 2.22. The summed E-state index contributed by atoms with van der Waals surface area (Å²) in [7, 11) is 0. The highest BCUT2D eigenvalue weighted by molar-refractivity contribution is 6.30. The number of hydrogen-bond acceptors (Lipinski definition) is 4. The molecule has 1 aromatic carbocycles. The zero-order valence-electron chi connectivity index (χ0n) is 11.5. The largest absolute Gasteiger partial charge is 0.507 e. The first-order chi connectivity index (χ1) is 9.47. The van der Waals surface area contributed by atoms with Crippen LogP contribution in [0.3, 0.4) is 0 Å². The summed E-state index contributed by atoms with van der Waals surface area (Å²) in [6.07, 6.45) is 1.63. The first-order valence-corrected chi connectivity index (χ1v) is 6.80. The molecule has 1 aromatic rings. The predicted molar refractivity (Wildman–Crippen MR) is 75.9 cm³/mol. The number of benzene rings is 1. The highest BCUT2D eigenvalue weighted by atomic mass is 35.5. The van der Waals surface area contributed by atoms with Crippen molar-refractivity contribution in [1.82, 2.24) is 5.32 Å². The average Bonchev–Trinajstić information content (AvgIpc) is 2.42. The minimum Gasteiger partial charge on any atom is -0.507 e. The topological polar surface area (TPSA) is 75.6 Å². The number of phenolic OH excluding ortho intramolecular Hbond substituents is 1. The van der Waals surface area contributed by atoms with Crippen molar-refractivity contribution in [2.45, 2.75) is 32.7 Å². The molecule has 0 heterocycles. The zero-order valence-corrected chi connectivity index (χ0v) is 12.2. The number of nitrogens with one attached hydrogen (secondary N) is 1. The molecule has 20 heavy (non-hydrogen) atoms. The van der Waals surface area contributed by atoms with E-state index >= 15 is 0 Å². The van der Waals surface area contributed by atoms with Gasteiger partial charge in [-0.1, -0.05) is 25.4 Å². The van der Waals surface area contributed by atoms with Gasteiger partial charge in [-0.3, -0.25) is 4.79 Å². The summed E-state index contributed by atoms with van der Waals surface area (Å²) < 4.78 is 4.85. The van der Waals surface area contributed by atoms with E-state index < -0.39 is 5.97 Å². The molecule has 0 aliphatic heterocycles. The Bertz CT molecular complexity index is 486. The van der Waals surface area contributed by atoms with Gasteiger partial charge in [-0.15, -0.1) is 0 Å². The summed E-state index contributed by atoms with van der Waals surface area (Å²) in [5, 5.41) is 12.6. The Morgan fingerprint density at radius 1 is 1.35 bits per heavy atom. The molecule has 5 nitrogen and oxygen atoms in total. The van der Waals surface area contributed by atoms with Gasteiger partial charge >= 0.3 is 5.97 Å². The van der Waals surface area contributed by atoms with E-state index in [0.29, 0.717) is 5.02 Å². The van der Waals surface area contributed by atoms with E-state index in [-0.39, 0.29) is 29.9 Å². The van der Waals surface area contributed by atoms with Crippen LogP contribution in [0.5, 0.6) is 5.75 Å². The molecule has 6 heteroatoms. The van der Waals surface area contributed by atoms with Crippen LogP contribution in [0.2, 0.25) is 5.02 Å². The molecule has 2 N–H and O–H groups in total. The number of rotatable bonds is 6. The van der Waals surface area contributed by atoms with E-state index in [4.69, 9.17) is 16.3 Å². The van der Waals surface area contributed by atoms with Crippen LogP contribution < -0.4 is 5.32 Å². The summed E-state index contributed by atoms with van der Waals surface area (Å²) >= 11 is 5.66. The predicted octanol–water partition coefficient (Wildman–Crippen LogP) is 2.51. The van der Waals surface area contributed by atoms with Gasteiger partial charge in [0.15, 0.2) is 6.61 Å². The Morgan fingerprint density at radius 2 is 2.00 bits per heavy atom. The number of aromatic hydroxyl groups is 1. The molecule has 1 amide bonds. The van der Waals surface area contributed by atoms with Gasteiger partial charge in [0.25, 0.3) is 5.91 Å². The van der Waals surface area contributed by atoms with Gasteiger partial charge < -0.3 is 15.2 Å². The first kappa shape index (κ1) is 16.3. The van der Waals surface area contributed by atoms with Crippen molar-refractivity contribution in [2.75, 3.05) is 6.61 Å². The summed E-state index contributed by atoms with van der Waals surface area (Å²) in [5.74, 6) is -1.40. The summed E-state index contributed by atoms with van der Waals surface area (Å²) in [5.41, 5.74) is -0.0234. The van der Waals surface area contributed by atoms with Gasteiger partial charge in [-0.25, -0.2) is 4.79 Å². The molecular weight excluding hydrogens is 282 g/mol. The van der Waals surface area contributed by atoms with Crippen LogP contribution in [0.4, 0.5) is 0 Å². The Hall–Kier alpha value is -1.75. The van der Waals surface area contributed by atoms with Crippen LogP contribution in [0.25, 0.3) is 0 Å². The number of amides is 1. The molecule has 0 aromatic heterocycles. The van der Waals surface area contributed by atoms with E-state index in [1.165, 1.54) is 18.2 Å². The number of phenols is 1. The summed E-state index contributed by atoms with van der Waals surface area (Å²) in [4.78, 5) is 23.3. The molecule has 1 rings (SSSR count). The van der Waals surface area contributed by atoms with Gasteiger partial charge in [-0.2, -0.15) is 0 Å². The van der Waals surface area contributed by atoms with Crippen LogP contribution in [0.15, 0.2) is 18.2 Å². The molecule has 0 bridgehead atoms. The third kappa shape index (κ3) is 4.74. The monoisotopic (exact) mass is 299 g/mol. The zero-order chi connectivity index (χ0) is 15.1. The second-order valence-electron chi connectivity index (χ2n) is 4.32. The van der Waals surface area contributed by atoms with Gasteiger partial charge in [0.1, 0.15) is 11.3 Å². The quantitative estimate of drug-likeness (QED) is 0.791. The molecule has 0 fully saturated rings. The normalized spacial score (nSPS) is 10.4. The lowest BCUT2D eigenvalue weighted by Crippen LogP contribution is -2.36. The number of carbonyl (C=O) groups excluding carboxylic acids is 2. The molecular formula is C14H18ClNO4. The van der Waals surface area contributed by atoms with Crippen LogP contribution in [0.1, 0.15) is 37.0 Å². The van der Waals surface area contributed by atoms with Gasteiger partial charge in [0.05, 0.1) is 0 Å². The van der Waals surface area contributed by atoms with E-state index in [0.717, 1.165) is 12.8 Å². The Labute approximate surface area is 122 Å². The van der Waals surface area contributed by atoms with E-state index in [2.05, 4.69) is 5.32 Å². The lowest BCUT2D eigenvalue weighted by Gasteiger charge is -2.14.